The minimum atomic E-state index is -0.841. The first-order valence-corrected chi connectivity index (χ1v) is 9.46. The molecule has 0 aromatic heterocycles. The number of rotatable bonds is 19. The van der Waals surface area contributed by atoms with Crippen LogP contribution in [0.25, 0.3) is 0 Å². The molecule has 0 aliphatic carbocycles. The molecule has 1 aliphatic heterocycles. The van der Waals surface area contributed by atoms with Crippen molar-refractivity contribution >= 4 is 12.2 Å². The zero-order chi connectivity index (χ0) is 21.0. The maximum atomic E-state index is 11.3. The molecule has 0 saturated carbocycles. The number of nitrogens with one attached hydrogen (secondary N) is 1. The number of hydrogen-bond donors (Lipinski definition) is 2. The molecule has 170 valence electrons. The number of aliphatic hydroxyl groups excluding tert-OH is 1. The van der Waals surface area contributed by atoms with Gasteiger partial charge in [-0.2, -0.15) is 0 Å². The lowest BCUT2D eigenvalue weighted by Crippen LogP contribution is -2.23. The van der Waals surface area contributed by atoms with Crippen molar-refractivity contribution in [2.75, 3.05) is 92.4 Å². The van der Waals surface area contributed by atoms with Gasteiger partial charge in [-0.15, -0.1) is 0 Å². The van der Waals surface area contributed by atoms with Crippen molar-refractivity contribution in [3.63, 3.8) is 0 Å². The van der Waals surface area contributed by atoms with Crippen LogP contribution in [0.15, 0.2) is 0 Å². The van der Waals surface area contributed by atoms with Crippen LogP contribution >= 0.6 is 0 Å². The molecular weight excluding hydrogens is 394 g/mol. The quantitative estimate of drug-likeness (QED) is 0.201. The number of amides is 1. The topological polar surface area (TPSA) is 140 Å². The van der Waals surface area contributed by atoms with E-state index in [1.54, 1.807) is 0 Å². The Morgan fingerprint density at radius 1 is 0.828 bits per heavy atom. The normalized spacial score (nSPS) is 15.8. The van der Waals surface area contributed by atoms with Crippen LogP contribution < -0.4 is 5.32 Å². The van der Waals surface area contributed by atoms with E-state index in [1.807, 2.05) is 0 Å². The fourth-order valence-corrected chi connectivity index (χ4v) is 1.96. The predicted molar refractivity (Wildman–Crippen MR) is 96.8 cm³/mol. The van der Waals surface area contributed by atoms with Crippen molar-refractivity contribution in [1.82, 2.24) is 5.32 Å². The Hall–Kier alpha value is -1.70. The lowest BCUT2D eigenvalue weighted by molar-refractivity contribution is -0.0197. The van der Waals surface area contributed by atoms with Gasteiger partial charge in [-0.3, -0.25) is 0 Å². The van der Waals surface area contributed by atoms with E-state index < -0.39 is 18.4 Å². The van der Waals surface area contributed by atoms with E-state index in [1.165, 1.54) is 0 Å². The van der Waals surface area contributed by atoms with Crippen molar-refractivity contribution in [2.24, 2.45) is 0 Å². The van der Waals surface area contributed by atoms with Crippen LogP contribution in [0.4, 0.5) is 9.59 Å². The summed E-state index contributed by atoms with van der Waals surface area (Å²) in [5.41, 5.74) is 0. The van der Waals surface area contributed by atoms with Gasteiger partial charge in [0.2, 0.25) is 0 Å². The van der Waals surface area contributed by atoms with E-state index in [2.05, 4.69) is 5.32 Å². The average molecular weight is 425 g/mol. The number of hydrogen-bond acceptors (Lipinski definition) is 11. The molecule has 0 aromatic rings. The molecule has 12 nitrogen and oxygen atoms in total. The van der Waals surface area contributed by atoms with Gasteiger partial charge in [-0.25, -0.2) is 9.59 Å². The summed E-state index contributed by atoms with van der Waals surface area (Å²) in [5, 5.41) is 11.0. The van der Waals surface area contributed by atoms with Crippen molar-refractivity contribution in [3.05, 3.63) is 0 Å². The van der Waals surface area contributed by atoms with E-state index in [-0.39, 0.29) is 26.4 Å². The Morgan fingerprint density at radius 2 is 1.31 bits per heavy atom. The Balaban J connectivity index is 1.71. The maximum Gasteiger partial charge on any atom is 0.508 e. The fraction of sp³-hybridized carbons (Fsp3) is 0.882. The van der Waals surface area contributed by atoms with E-state index >= 15 is 0 Å². The third-order valence-electron chi connectivity index (χ3n) is 3.31. The van der Waals surface area contributed by atoms with Crippen LogP contribution in [0.5, 0.6) is 0 Å². The first-order chi connectivity index (χ1) is 14.2. The van der Waals surface area contributed by atoms with Gasteiger partial charge in [-0.1, -0.05) is 0 Å². The summed E-state index contributed by atoms with van der Waals surface area (Å²) in [4.78, 5) is 22.1. The van der Waals surface area contributed by atoms with Crippen LogP contribution in [-0.4, -0.2) is 116 Å². The molecule has 0 bridgehead atoms. The second kappa shape index (κ2) is 18.3. The average Bonchev–Trinajstić information content (AvgIpc) is 3.14. The van der Waals surface area contributed by atoms with Crippen molar-refractivity contribution < 1.29 is 52.6 Å². The van der Waals surface area contributed by atoms with Gasteiger partial charge in [0, 0.05) is 0 Å². The van der Waals surface area contributed by atoms with Gasteiger partial charge in [0.25, 0.3) is 0 Å². The molecule has 1 amide bonds. The van der Waals surface area contributed by atoms with Crippen LogP contribution in [-0.2, 0) is 37.9 Å². The van der Waals surface area contributed by atoms with Crippen molar-refractivity contribution in [1.29, 1.82) is 0 Å². The third-order valence-corrected chi connectivity index (χ3v) is 3.31. The zero-order valence-electron chi connectivity index (χ0n) is 16.5. The number of aliphatic hydroxyl groups is 1. The summed E-state index contributed by atoms with van der Waals surface area (Å²) in [5.74, 6) is 0. The highest BCUT2D eigenvalue weighted by atomic mass is 16.7. The highest BCUT2D eigenvalue weighted by Gasteiger charge is 2.24. The number of carbonyl (C=O) groups excluding carboxylic acids is 2. The molecule has 1 aliphatic rings. The van der Waals surface area contributed by atoms with Gasteiger partial charge in [0.05, 0.1) is 79.2 Å². The first kappa shape index (κ1) is 25.3. The number of cyclic esters (lactones) is 1. The summed E-state index contributed by atoms with van der Waals surface area (Å²) in [6, 6.07) is 0. The molecule has 0 aromatic carbocycles. The largest absolute Gasteiger partial charge is 0.508 e. The summed E-state index contributed by atoms with van der Waals surface area (Å²) >= 11 is 0. The van der Waals surface area contributed by atoms with E-state index in [9.17, 15) is 9.59 Å². The summed E-state index contributed by atoms with van der Waals surface area (Å²) in [6.45, 7) is 4.33. The summed E-state index contributed by atoms with van der Waals surface area (Å²) in [7, 11) is 0. The molecular formula is C17H31NO11. The van der Waals surface area contributed by atoms with Gasteiger partial charge in [-0.05, 0) is 0 Å². The summed E-state index contributed by atoms with van der Waals surface area (Å²) < 4.78 is 40.6. The van der Waals surface area contributed by atoms with E-state index in [0.29, 0.717) is 66.0 Å². The Morgan fingerprint density at radius 3 is 1.76 bits per heavy atom. The molecule has 0 spiro atoms. The molecule has 12 heteroatoms. The molecule has 1 saturated heterocycles. The zero-order valence-corrected chi connectivity index (χ0v) is 16.5. The van der Waals surface area contributed by atoms with Gasteiger partial charge < -0.3 is 48.3 Å². The highest BCUT2D eigenvalue weighted by molar-refractivity contribution is 5.69. The molecule has 29 heavy (non-hydrogen) atoms. The highest BCUT2D eigenvalue weighted by Crippen LogP contribution is 2.01. The van der Waals surface area contributed by atoms with E-state index in [0.717, 1.165) is 0 Å². The molecule has 0 radical (unpaired) electrons. The molecule has 1 atom stereocenters. The maximum absolute atomic E-state index is 11.3. The molecule has 2 N–H and O–H groups in total. The Kier molecular flexibility index (Phi) is 16.0. The lowest BCUT2D eigenvalue weighted by Gasteiger charge is -2.10. The van der Waals surface area contributed by atoms with Gasteiger partial charge in [0.1, 0.15) is 13.2 Å². The minimum absolute atomic E-state index is 0.0101. The fourth-order valence-electron chi connectivity index (χ4n) is 1.96. The number of alkyl carbamates (subject to hydrolysis) is 1. The molecule has 1 fully saturated rings. The number of ether oxygens (including phenoxy) is 8. The molecule has 0 unspecified atom stereocenters. The second-order valence-corrected chi connectivity index (χ2v) is 5.60. The minimum Gasteiger partial charge on any atom is -0.441 e. The molecule has 1 heterocycles. The van der Waals surface area contributed by atoms with Gasteiger partial charge in [0.15, 0.2) is 6.10 Å². The number of carbonyl (C=O) groups is 2. The van der Waals surface area contributed by atoms with Crippen LogP contribution in [0, 0.1) is 0 Å². The standard InChI is InChI=1S/C17H31NO11/c19-1-2-22-3-4-23-5-6-24-7-8-25-9-10-26-11-12-27-17(21)28-14-15-13-18-16(20)29-15/h15,19H,1-14H2,(H,18,20)/t15-/m0/s1. The molecule has 1 rings (SSSR count). The predicted octanol–water partition coefficient (Wildman–Crippen LogP) is -0.677. The Labute approximate surface area is 169 Å². The van der Waals surface area contributed by atoms with Crippen molar-refractivity contribution in [2.45, 2.75) is 6.10 Å². The smallest absolute Gasteiger partial charge is 0.441 e. The SMILES string of the molecule is O=C1NC[C@@H](COC(=O)OCCOCCOCCOCCOCCOCCO)O1. The van der Waals surface area contributed by atoms with Crippen LogP contribution in [0.2, 0.25) is 0 Å². The lowest BCUT2D eigenvalue weighted by atomic mass is 10.4. The second-order valence-electron chi connectivity index (χ2n) is 5.60. The third kappa shape index (κ3) is 15.9. The van der Waals surface area contributed by atoms with Crippen molar-refractivity contribution in [3.8, 4) is 0 Å². The first-order valence-electron chi connectivity index (χ1n) is 9.46. The van der Waals surface area contributed by atoms with Crippen LogP contribution in [0.1, 0.15) is 0 Å². The summed E-state index contributed by atoms with van der Waals surface area (Å²) in [6.07, 6.45) is -1.86. The van der Waals surface area contributed by atoms with Crippen LogP contribution in [0.3, 0.4) is 0 Å². The Bertz CT molecular complexity index is 424. The monoisotopic (exact) mass is 425 g/mol. The van der Waals surface area contributed by atoms with E-state index in [4.69, 9.17) is 43.0 Å². The van der Waals surface area contributed by atoms with Gasteiger partial charge >= 0.3 is 12.2 Å².